The molecule has 0 bridgehead atoms. The number of nitrogens with zero attached hydrogens (tertiary/aromatic N) is 1. The maximum Gasteiger partial charge on any atom is 0.227 e. The van der Waals surface area contributed by atoms with Gasteiger partial charge in [0.15, 0.2) is 0 Å². The molecule has 1 amide bonds. The van der Waals surface area contributed by atoms with Gasteiger partial charge in [-0.2, -0.15) is 0 Å². The summed E-state index contributed by atoms with van der Waals surface area (Å²) in [6.45, 7) is 9.01. The summed E-state index contributed by atoms with van der Waals surface area (Å²) in [6, 6.07) is 26.9. The highest BCUT2D eigenvalue weighted by molar-refractivity contribution is 7.99. The SMILES string of the molecule is Cc1ccc(Sc2ccccc2CC(=O)N(Cc2ccccc2)C(C)(C)C)cc1. The summed E-state index contributed by atoms with van der Waals surface area (Å²) in [5.41, 5.74) is 3.23. The molecule has 0 aromatic heterocycles. The van der Waals surface area contributed by atoms with Crippen molar-refractivity contribution in [1.82, 2.24) is 4.90 Å². The molecule has 0 aliphatic heterocycles. The summed E-state index contributed by atoms with van der Waals surface area (Å²) >= 11 is 1.72. The van der Waals surface area contributed by atoms with Gasteiger partial charge in [0.2, 0.25) is 5.91 Å². The minimum absolute atomic E-state index is 0.151. The van der Waals surface area contributed by atoms with Gasteiger partial charge in [-0.15, -0.1) is 0 Å². The molecule has 0 fully saturated rings. The minimum atomic E-state index is -0.244. The molecule has 3 aromatic rings. The first kappa shape index (κ1) is 21.2. The molecule has 3 rings (SSSR count). The molecule has 0 aliphatic rings. The lowest BCUT2D eigenvalue weighted by Crippen LogP contribution is -2.45. The first-order valence-electron chi connectivity index (χ1n) is 10.00. The fraction of sp³-hybridized carbons (Fsp3) is 0.269. The zero-order valence-corrected chi connectivity index (χ0v) is 18.5. The number of hydrogen-bond acceptors (Lipinski definition) is 2. The van der Waals surface area contributed by atoms with E-state index in [1.807, 2.05) is 35.2 Å². The van der Waals surface area contributed by atoms with Crippen LogP contribution in [0.15, 0.2) is 88.7 Å². The number of benzene rings is 3. The van der Waals surface area contributed by atoms with Gasteiger partial charge in [-0.05, 0) is 57.0 Å². The van der Waals surface area contributed by atoms with E-state index in [9.17, 15) is 4.79 Å². The van der Waals surface area contributed by atoms with Crippen LogP contribution in [-0.2, 0) is 17.8 Å². The van der Waals surface area contributed by atoms with Crippen molar-refractivity contribution in [3.05, 3.63) is 95.6 Å². The molecule has 0 heterocycles. The monoisotopic (exact) mass is 403 g/mol. The maximum absolute atomic E-state index is 13.3. The number of carbonyl (C=O) groups excluding carboxylic acids is 1. The number of rotatable bonds is 6. The van der Waals surface area contributed by atoms with Crippen LogP contribution in [0.4, 0.5) is 0 Å². The average molecular weight is 404 g/mol. The summed E-state index contributed by atoms with van der Waals surface area (Å²) in [7, 11) is 0. The molecule has 0 saturated heterocycles. The van der Waals surface area contributed by atoms with Crippen molar-refractivity contribution in [2.24, 2.45) is 0 Å². The normalized spacial score (nSPS) is 11.3. The molecule has 0 unspecified atom stereocenters. The van der Waals surface area contributed by atoms with Crippen LogP contribution in [0.5, 0.6) is 0 Å². The molecule has 0 aliphatic carbocycles. The van der Waals surface area contributed by atoms with Crippen molar-refractivity contribution in [2.75, 3.05) is 0 Å². The summed E-state index contributed by atoms with van der Waals surface area (Å²) in [5.74, 6) is 0.151. The Morgan fingerprint density at radius 1 is 0.862 bits per heavy atom. The van der Waals surface area contributed by atoms with E-state index < -0.39 is 0 Å². The summed E-state index contributed by atoms with van der Waals surface area (Å²) in [5, 5.41) is 0. The Balaban J connectivity index is 1.80. The van der Waals surface area contributed by atoms with Gasteiger partial charge in [-0.25, -0.2) is 0 Å². The molecule has 150 valence electrons. The predicted octanol–water partition coefficient (Wildman–Crippen LogP) is 6.52. The van der Waals surface area contributed by atoms with Crippen molar-refractivity contribution in [1.29, 1.82) is 0 Å². The highest BCUT2D eigenvalue weighted by Gasteiger charge is 2.27. The topological polar surface area (TPSA) is 20.3 Å². The third-order valence-corrected chi connectivity index (χ3v) is 5.98. The fourth-order valence-electron chi connectivity index (χ4n) is 3.21. The van der Waals surface area contributed by atoms with E-state index in [0.29, 0.717) is 13.0 Å². The molecule has 3 aromatic carbocycles. The van der Waals surface area contributed by atoms with Gasteiger partial charge in [0.05, 0.1) is 6.42 Å². The zero-order chi connectivity index (χ0) is 20.9. The van der Waals surface area contributed by atoms with Gasteiger partial charge >= 0.3 is 0 Å². The highest BCUT2D eigenvalue weighted by atomic mass is 32.2. The molecular weight excluding hydrogens is 374 g/mol. The maximum atomic E-state index is 13.3. The van der Waals surface area contributed by atoms with Crippen LogP contribution in [0, 0.1) is 6.92 Å². The van der Waals surface area contributed by atoms with Gasteiger partial charge < -0.3 is 4.90 Å². The van der Waals surface area contributed by atoms with Crippen LogP contribution >= 0.6 is 11.8 Å². The Morgan fingerprint density at radius 2 is 1.48 bits per heavy atom. The lowest BCUT2D eigenvalue weighted by molar-refractivity contribution is -0.136. The molecule has 0 saturated carbocycles. The Morgan fingerprint density at radius 3 is 2.14 bits per heavy atom. The average Bonchev–Trinajstić information content (AvgIpc) is 2.69. The third-order valence-electron chi connectivity index (χ3n) is 4.86. The number of hydrogen-bond donors (Lipinski definition) is 0. The van der Waals surface area contributed by atoms with Gasteiger partial charge in [0, 0.05) is 21.9 Å². The van der Waals surface area contributed by atoms with E-state index in [1.54, 1.807) is 11.8 Å². The van der Waals surface area contributed by atoms with Crippen LogP contribution in [0.3, 0.4) is 0 Å². The predicted molar refractivity (Wildman–Crippen MR) is 122 cm³/mol. The van der Waals surface area contributed by atoms with Crippen LogP contribution in [0.25, 0.3) is 0 Å². The molecule has 29 heavy (non-hydrogen) atoms. The van der Waals surface area contributed by atoms with Crippen LogP contribution in [0.2, 0.25) is 0 Å². The molecular formula is C26H29NOS. The van der Waals surface area contributed by atoms with Crippen molar-refractivity contribution < 1.29 is 4.79 Å². The van der Waals surface area contributed by atoms with Gasteiger partial charge in [-0.3, -0.25) is 4.79 Å². The lowest BCUT2D eigenvalue weighted by Gasteiger charge is -2.36. The smallest absolute Gasteiger partial charge is 0.227 e. The Bertz CT molecular complexity index is 942. The zero-order valence-electron chi connectivity index (χ0n) is 17.7. The van der Waals surface area contributed by atoms with E-state index in [4.69, 9.17) is 0 Å². The molecule has 0 radical (unpaired) electrons. The van der Waals surface area contributed by atoms with Crippen LogP contribution in [-0.4, -0.2) is 16.3 Å². The molecule has 0 N–H and O–H groups in total. The number of carbonyl (C=O) groups is 1. The van der Waals surface area contributed by atoms with E-state index in [-0.39, 0.29) is 11.4 Å². The summed E-state index contributed by atoms with van der Waals surface area (Å²) < 4.78 is 0. The first-order chi connectivity index (χ1) is 13.8. The van der Waals surface area contributed by atoms with E-state index in [2.05, 4.69) is 76.2 Å². The first-order valence-corrected chi connectivity index (χ1v) is 10.8. The molecule has 3 heteroatoms. The van der Waals surface area contributed by atoms with E-state index >= 15 is 0 Å². The second kappa shape index (κ2) is 9.32. The van der Waals surface area contributed by atoms with E-state index in [0.717, 1.165) is 16.0 Å². The Kier molecular flexibility index (Phi) is 6.81. The second-order valence-corrected chi connectivity index (χ2v) is 9.45. The van der Waals surface area contributed by atoms with Crippen molar-refractivity contribution >= 4 is 17.7 Å². The summed E-state index contributed by atoms with van der Waals surface area (Å²) in [4.78, 5) is 17.6. The lowest BCUT2D eigenvalue weighted by atomic mass is 10.0. The van der Waals surface area contributed by atoms with E-state index in [1.165, 1.54) is 10.5 Å². The van der Waals surface area contributed by atoms with Crippen molar-refractivity contribution in [3.8, 4) is 0 Å². The second-order valence-electron chi connectivity index (χ2n) is 8.34. The van der Waals surface area contributed by atoms with Gasteiger partial charge in [-0.1, -0.05) is 78.0 Å². The Labute approximate surface area is 179 Å². The molecule has 2 nitrogen and oxygen atoms in total. The standard InChI is InChI=1S/C26H29NOS/c1-20-14-16-23(17-15-20)29-24-13-9-8-12-22(24)18-25(28)27(26(2,3)4)19-21-10-6-5-7-11-21/h5-17H,18-19H2,1-4H3. The molecule has 0 spiro atoms. The van der Waals surface area contributed by atoms with Gasteiger partial charge in [0.1, 0.15) is 0 Å². The van der Waals surface area contributed by atoms with Crippen LogP contribution in [0.1, 0.15) is 37.5 Å². The third kappa shape index (κ3) is 5.98. The van der Waals surface area contributed by atoms with Crippen molar-refractivity contribution in [2.45, 2.75) is 56.0 Å². The number of amides is 1. The quantitative estimate of drug-likeness (QED) is 0.467. The van der Waals surface area contributed by atoms with Gasteiger partial charge in [0.25, 0.3) is 0 Å². The van der Waals surface area contributed by atoms with Crippen molar-refractivity contribution in [3.63, 3.8) is 0 Å². The Hall–Kier alpha value is -2.52. The number of aryl methyl sites for hydroxylation is 1. The largest absolute Gasteiger partial charge is 0.333 e. The van der Waals surface area contributed by atoms with Crippen LogP contribution < -0.4 is 0 Å². The minimum Gasteiger partial charge on any atom is -0.333 e. The fourth-order valence-corrected chi connectivity index (χ4v) is 4.15. The summed E-state index contributed by atoms with van der Waals surface area (Å²) in [6.07, 6.45) is 0.402. The molecule has 0 atom stereocenters. The highest BCUT2D eigenvalue weighted by Crippen LogP contribution is 2.31.